The number of fused-ring (bicyclic) bond motifs is 21. The summed E-state index contributed by atoms with van der Waals surface area (Å²) in [7, 11) is 0. The standard InChI is InChI=1S/2C49H31N3.C43H27N3/c1-2-15-42-40(13-1)41-14-3-4-16-43(41)46-31-38(23-24-44(42)46)36-10-7-9-35(29-36)37-11-8-12-39(30-37)49-51-47-18-6-5-17-45(47)48(52-49)34-21-19-32(20-22-34)33-25-27-50-28-26-33;1-2-12-32(13-3-1)46-27-25-38(31-50-46)48-44-22-8-9-23-47(44)51-49(52-48)37-17-11-16-35(29-37)33-14-10-15-34(28-33)36-24-26-43-41-20-5-4-18-39(41)40-19-6-7-21-42(40)45(43)30-36;1-2-15-36-34(13-1)35-14-3-4-16-37(35)40-27-32(19-20-38(36)40)30-10-7-9-29(25-30)31-11-8-12-33(26-31)43-45-41-18-6-5-17-39(41)42(46-43)28-21-23-44-24-22-28/h2*1-31H;1-27H. The van der Waals surface area contributed by atoms with Gasteiger partial charge in [0, 0.05) is 86.1 Å². The number of pyridine rings is 3. The maximum Gasteiger partial charge on any atom is 0.160 e. The zero-order valence-corrected chi connectivity index (χ0v) is 81.4. The molecule has 9 heteroatoms. The predicted octanol–water partition coefficient (Wildman–Crippen LogP) is 36.8. The van der Waals surface area contributed by atoms with E-state index in [1.165, 1.54) is 130 Å². The summed E-state index contributed by atoms with van der Waals surface area (Å²) in [5, 5.41) is 26.2. The Bertz CT molecular complexity index is 9840. The van der Waals surface area contributed by atoms with Crippen molar-refractivity contribution in [2.45, 2.75) is 0 Å². The lowest BCUT2D eigenvalue weighted by Gasteiger charge is -2.13. The molecule has 29 rings (SSSR count). The van der Waals surface area contributed by atoms with E-state index in [9.17, 15) is 0 Å². The molecule has 0 saturated carbocycles. The Morgan fingerprint density at radius 1 is 0.113 bits per heavy atom. The fourth-order valence-electron chi connectivity index (χ4n) is 21.9. The van der Waals surface area contributed by atoms with Crippen LogP contribution in [0.3, 0.4) is 0 Å². The Morgan fingerprint density at radius 2 is 0.320 bits per heavy atom. The van der Waals surface area contributed by atoms with E-state index >= 15 is 0 Å². The van der Waals surface area contributed by atoms with E-state index in [2.05, 4.69) is 435 Å². The molecule has 0 atom stereocenters. The van der Waals surface area contributed by atoms with Gasteiger partial charge >= 0.3 is 0 Å². The molecule has 6 aromatic heterocycles. The number of para-hydroxylation sites is 3. The number of hydrogen-bond donors (Lipinski definition) is 0. The van der Waals surface area contributed by atoms with Gasteiger partial charge in [-0.1, -0.05) is 400 Å². The Balaban J connectivity index is 0.000000111. The van der Waals surface area contributed by atoms with Crippen molar-refractivity contribution in [3.05, 3.63) is 541 Å². The van der Waals surface area contributed by atoms with E-state index in [1.54, 1.807) is 12.4 Å². The van der Waals surface area contributed by atoms with Crippen LogP contribution in [0.2, 0.25) is 0 Å². The fourth-order valence-corrected chi connectivity index (χ4v) is 21.9. The monoisotopic (exact) mass is 1910 g/mol. The van der Waals surface area contributed by atoms with Crippen molar-refractivity contribution >= 4 is 130 Å². The highest BCUT2D eigenvalue weighted by molar-refractivity contribution is 6.29. The van der Waals surface area contributed by atoms with Gasteiger partial charge in [-0.2, -0.15) is 0 Å². The average molecular weight is 1910 g/mol. The first-order chi connectivity index (χ1) is 74.3. The van der Waals surface area contributed by atoms with Crippen LogP contribution in [0, 0.1) is 0 Å². The molecule has 6 heterocycles. The zero-order valence-electron chi connectivity index (χ0n) is 81.4. The van der Waals surface area contributed by atoms with Crippen LogP contribution in [0.4, 0.5) is 0 Å². The molecule has 0 fully saturated rings. The van der Waals surface area contributed by atoms with Gasteiger partial charge < -0.3 is 0 Å². The summed E-state index contributed by atoms with van der Waals surface area (Å²) in [4.78, 5) is 43.7. The molecule has 0 aliphatic heterocycles. The van der Waals surface area contributed by atoms with E-state index in [-0.39, 0.29) is 0 Å². The minimum absolute atomic E-state index is 0.687. The van der Waals surface area contributed by atoms with E-state index in [0.717, 1.165) is 139 Å². The van der Waals surface area contributed by atoms with Gasteiger partial charge in [0.2, 0.25) is 0 Å². The van der Waals surface area contributed by atoms with Crippen LogP contribution < -0.4 is 0 Å². The number of benzene rings is 23. The van der Waals surface area contributed by atoms with Gasteiger partial charge in [-0.05, 0) is 284 Å². The van der Waals surface area contributed by atoms with Crippen molar-refractivity contribution in [3.63, 3.8) is 0 Å². The predicted molar refractivity (Wildman–Crippen MR) is 626 cm³/mol. The third kappa shape index (κ3) is 16.8. The summed E-state index contributed by atoms with van der Waals surface area (Å²) in [5.74, 6) is 2.10. The van der Waals surface area contributed by atoms with Gasteiger partial charge in [0.1, 0.15) is 0 Å². The molecule has 698 valence electrons. The minimum Gasteiger partial charge on any atom is -0.265 e. The van der Waals surface area contributed by atoms with Crippen molar-refractivity contribution in [3.8, 4) is 157 Å². The highest BCUT2D eigenvalue weighted by Gasteiger charge is 2.22. The summed E-state index contributed by atoms with van der Waals surface area (Å²) in [6, 6.07) is 181. The number of aromatic nitrogens is 9. The summed E-state index contributed by atoms with van der Waals surface area (Å²) in [5.41, 5.74) is 29.6. The molecule has 0 radical (unpaired) electrons. The first kappa shape index (κ1) is 88.8. The lowest BCUT2D eigenvalue weighted by atomic mass is 9.91. The zero-order chi connectivity index (χ0) is 99.3. The number of nitrogens with zero attached hydrogens (tertiary/aromatic N) is 9. The Morgan fingerprint density at radius 3 is 0.620 bits per heavy atom. The molecule has 23 aromatic carbocycles. The van der Waals surface area contributed by atoms with Gasteiger partial charge in [0.05, 0.1) is 39.3 Å². The maximum absolute atomic E-state index is 5.20. The van der Waals surface area contributed by atoms with E-state index in [0.29, 0.717) is 17.5 Å². The van der Waals surface area contributed by atoms with Crippen molar-refractivity contribution in [2.75, 3.05) is 0 Å². The van der Waals surface area contributed by atoms with Gasteiger partial charge in [0.25, 0.3) is 0 Å². The molecule has 0 amide bonds. The van der Waals surface area contributed by atoms with Crippen LogP contribution in [0.15, 0.2) is 541 Å². The molecule has 0 bridgehead atoms. The lowest BCUT2D eigenvalue weighted by Crippen LogP contribution is -1.96. The lowest BCUT2D eigenvalue weighted by molar-refractivity contribution is 1.22. The van der Waals surface area contributed by atoms with E-state index in [1.807, 2.05) is 104 Å². The molecule has 0 N–H and O–H groups in total. The molecule has 0 aliphatic rings. The average Bonchev–Trinajstić information content (AvgIpc) is 0.865. The molecule has 0 aliphatic carbocycles. The SMILES string of the molecule is c1cc(-c2cccc(-c3nc(-c4ccc(-c5ccncc5)cc4)c4ccccc4n3)c2)cc(-c2ccc3c4ccccc4c4ccccc4c3c2)c1.c1cc(-c2cccc(-c3nc(-c4ccncc4)c4ccccc4n3)c2)cc(-c2ccc3c4ccccc4c4ccccc4c3c2)c1.c1ccc(-c2ccc(-c3nc(-c4cccc(-c5cccc(-c6ccc7c8ccccc8c8ccccc8c7c6)c5)c4)nc4ccccc34)cn2)cc1. The van der Waals surface area contributed by atoms with Gasteiger partial charge in [-0.3, -0.25) is 15.0 Å². The molecule has 0 spiro atoms. The maximum atomic E-state index is 5.20. The quantitative estimate of drug-likeness (QED) is 0.0981. The molecule has 150 heavy (non-hydrogen) atoms. The van der Waals surface area contributed by atoms with Crippen LogP contribution >= 0.6 is 0 Å². The summed E-state index contributed by atoms with van der Waals surface area (Å²) in [6.45, 7) is 0. The van der Waals surface area contributed by atoms with E-state index in [4.69, 9.17) is 34.9 Å². The number of rotatable bonds is 14. The van der Waals surface area contributed by atoms with Crippen LogP contribution in [0.5, 0.6) is 0 Å². The van der Waals surface area contributed by atoms with Crippen LogP contribution in [-0.2, 0) is 0 Å². The van der Waals surface area contributed by atoms with Crippen molar-refractivity contribution in [1.82, 2.24) is 44.9 Å². The Kier molecular flexibility index (Phi) is 22.8. The van der Waals surface area contributed by atoms with Crippen molar-refractivity contribution in [1.29, 1.82) is 0 Å². The molecule has 0 saturated heterocycles. The summed E-state index contributed by atoms with van der Waals surface area (Å²) < 4.78 is 0. The summed E-state index contributed by atoms with van der Waals surface area (Å²) >= 11 is 0. The normalized spacial score (nSPS) is 11.5. The second-order valence-electron chi connectivity index (χ2n) is 38.1. The van der Waals surface area contributed by atoms with Gasteiger partial charge in [-0.15, -0.1) is 0 Å². The highest BCUT2D eigenvalue weighted by atomic mass is 14.9. The third-order valence-electron chi connectivity index (χ3n) is 29.2. The van der Waals surface area contributed by atoms with Crippen LogP contribution in [0.25, 0.3) is 287 Å². The first-order valence-corrected chi connectivity index (χ1v) is 50.7. The summed E-state index contributed by atoms with van der Waals surface area (Å²) in [6.07, 6.45) is 9.18. The Hall–Kier alpha value is -20.1. The largest absolute Gasteiger partial charge is 0.265 e. The molecular formula is C141H89N9. The Labute approximate surface area is 866 Å². The number of hydrogen-bond acceptors (Lipinski definition) is 9. The molecule has 9 nitrogen and oxygen atoms in total. The fraction of sp³-hybridized carbons (Fsp3) is 0. The smallest absolute Gasteiger partial charge is 0.160 e. The van der Waals surface area contributed by atoms with Gasteiger partial charge in [0.15, 0.2) is 17.5 Å². The highest BCUT2D eigenvalue weighted by Crippen LogP contribution is 2.46. The molecule has 0 unspecified atom stereocenters. The van der Waals surface area contributed by atoms with Gasteiger partial charge in [-0.25, -0.2) is 29.9 Å². The second kappa shape index (κ2) is 38.5. The first-order valence-electron chi connectivity index (χ1n) is 50.7. The topological polar surface area (TPSA) is 116 Å². The third-order valence-corrected chi connectivity index (χ3v) is 29.2. The van der Waals surface area contributed by atoms with Crippen LogP contribution in [0.1, 0.15) is 0 Å². The van der Waals surface area contributed by atoms with Crippen molar-refractivity contribution < 1.29 is 0 Å². The molecular weight excluding hydrogens is 1820 g/mol. The van der Waals surface area contributed by atoms with Crippen LogP contribution in [-0.4, -0.2) is 44.9 Å². The van der Waals surface area contributed by atoms with E-state index < -0.39 is 0 Å². The second-order valence-corrected chi connectivity index (χ2v) is 38.1. The van der Waals surface area contributed by atoms with Crippen molar-refractivity contribution in [2.24, 2.45) is 0 Å². The molecule has 29 aromatic rings. The minimum atomic E-state index is 0.687.